The van der Waals surface area contributed by atoms with Crippen LogP contribution in [0.25, 0.3) is 0 Å². The summed E-state index contributed by atoms with van der Waals surface area (Å²) in [6, 6.07) is 2.28. The van der Waals surface area contributed by atoms with Gasteiger partial charge in [0, 0.05) is 38.5 Å². The van der Waals surface area contributed by atoms with Crippen LogP contribution >= 0.6 is 0 Å². The highest BCUT2D eigenvalue weighted by Gasteiger charge is 2.40. The molecule has 0 spiro atoms. The standard InChI is InChI=1S/C19H26N2O3/c1-6-21-8-7-12-10-15(23-4)19(24-5)17-16(12)14(21)9-13(18(17)22)11-20(2)3/h10-11,14H,6-9H2,1-5H3/b13-11+. The fourth-order valence-corrected chi connectivity index (χ4v) is 3.97. The molecule has 1 aliphatic carbocycles. The Kier molecular flexibility index (Phi) is 4.54. The molecule has 0 fully saturated rings. The predicted molar refractivity (Wildman–Crippen MR) is 94.0 cm³/mol. The molecule has 5 heteroatoms. The van der Waals surface area contributed by atoms with E-state index in [0.717, 1.165) is 37.1 Å². The number of hydrogen-bond acceptors (Lipinski definition) is 5. The largest absolute Gasteiger partial charge is 0.493 e. The monoisotopic (exact) mass is 330 g/mol. The van der Waals surface area contributed by atoms with Gasteiger partial charge in [0.05, 0.1) is 19.8 Å². The first kappa shape index (κ1) is 16.8. The Labute approximate surface area is 143 Å². The Morgan fingerprint density at radius 1 is 1.33 bits per heavy atom. The molecule has 2 aliphatic rings. The van der Waals surface area contributed by atoms with Gasteiger partial charge in [-0.1, -0.05) is 6.92 Å². The molecule has 0 N–H and O–H groups in total. The molecule has 3 rings (SSSR count). The van der Waals surface area contributed by atoms with E-state index >= 15 is 0 Å². The third-order valence-corrected chi connectivity index (χ3v) is 4.99. The quantitative estimate of drug-likeness (QED) is 0.794. The molecule has 0 radical (unpaired) electrons. The molecular formula is C19H26N2O3. The minimum absolute atomic E-state index is 0.0601. The van der Waals surface area contributed by atoms with Crippen LogP contribution in [0, 0.1) is 0 Å². The van der Waals surface area contributed by atoms with Crippen LogP contribution in [-0.4, -0.2) is 57.0 Å². The second-order valence-electron chi connectivity index (χ2n) is 6.61. The fourth-order valence-electron chi connectivity index (χ4n) is 3.97. The van der Waals surface area contributed by atoms with Crippen LogP contribution in [0.3, 0.4) is 0 Å². The number of methoxy groups -OCH3 is 2. The van der Waals surface area contributed by atoms with Gasteiger partial charge in [-0.25, -0.2) is 0 Å². The average molecular weight is 330 g/mol. The highest BCUT2D eigenvalue weighted by molar-refractivity contribution is 6.13. The van der Waals surface area contributed by atoms with Crippen LogP contribution in [0.5, 0.6) is 11.5 Å². The van der Waals surface area contributed by atoms with E-state index in [0.29, 0.717) is 17.1 Å². The van der Waals surface area contributed by atoms with Crippen LogP contribution in [0.4, 0.5) is 0 Å². The number of hydrogen-bond donors (Lipinski definition) is 0. The first-order valence-corrected chi connectivity index (χ1v) is 8.45. The van der Waals surface area contributed by atoms with Crippen LogP contribution in [-0.2, 0) is 6.42 Å². The van der Waals surface area contributed by atoms with Gasteiger partial charge in [-0.2, -0.15) is 0 Å². The van der Waals surface area contributed by atoms with E-state index in [-0.39, 0.29) is 11.8 Å². The smallest absolute Gasteiger partial charge is 0.194 e. The Balaban J connectivity index is 2.27. The zero-order chi connectivity index (χ0) is 17.4. The van der Waals surface area contributed by atoms with E-state index in [1.807, 2.05) is 31.3 Å². The van der Waals surface area contributed by atoms with E-state index in [1.165, 1.54) is 5.56 Å². The topological polar surface area (TPSA) is 42.0 Å². The highest BCUT2D eigenvalue weighted by Crippen LogP contribution is 2.48. The number of likely N-dealkylation sites (N-methyl/N-ethyl adjacent to an activating group) is 1. The van der Waals surface area contributed by atoms with Gasteiger partial charge < -0.3 is 14.4 Å². The molecule has 1 atom stereocenters. The number of Topliss-reactive ketones (excluding diaryl/α,β-unsaturated/α-hetero) is 1. The maximum absolute atomic E-state index is 13.2. The number of nitrogens with zero attached hydrogens (tertiary/aromatic N) is 2. The minimum Gasteiger partial charge on any atom is -0.493 e. The summed E-state index contributed by atoms with van der Waals surface area (Å²) >= 11 is 0. The van der Waals surface area contributed by atoms with E-state index in [4.69, 9.17) is 9.47 Å². The Hall–Kier alpha value is -2.01. The van der Waals surface area contributed by atoms with Crippen LogP contribution in [0.1, 0.15) is 40.9 Å². The maximum atomic E-state index is 13.2. The van der Waals surface area contributed by atoms with Gasteiger partial charge >= 0.3 is 0 Å². The highest BCUT2D eigenvalue weighted by atomic mass is 16.5. The maximum Gasteiger partial charge on any atom is 0.194 e. The van der Waals surface area contributed by atoms with E-state index in [2.05, 4.69) is 11.8 Å². The van der Waals surface area contributed by atoms with E-state index in [9.17, 15) is 4.79 Å². The molecule has 5 nitrogen and oxygen atoms in total. The summed E-state index contributed by atoms with van der Waals surface area (Å²) in [5, 5.41) is 0. The minimum atomic E-state index is 0.0601. The molecule has 0 aromatic heterocycles. The van der Waals surface area contributed by atoms with E-state index < -0.39 is 0 Å². The lowest BCUT2D eigenvalue weighted by molar-refractivity contribution is 0.0984. The molecule has 0 amide bonds. The van der Waals surface area contributed by atoms with Crippen molar-refractivity contribution in [2.75, 3.05) is 41.4 Å². The van der Waals surface area contributed by atoms with Crippen molar-refractivity contribution in [1.82, 2.24) is 9.80 Å². The van der Waals surface area contributed by atoms with Crippen molar-refractivity contribution in [3.05, 3.63) is 34.5 Å². The predicted octanol–water partition coefficient (Wildman–Crippen LogP) is 2.65. The number of carbonyl (C=O) groups excluding carboxylic acids is 1. The van der Waals surface area contributed by atoms with Crippen molar-refractivity contribution in [2.24, 2.45) is 0 Å². The second kappa shape index (κ2) is 6.48. The first-order valence-electron chi connectivity index (χ1n) is 8.45. The van der Waals surface area contributed by atoms with Crippen molar-refractivity contribution < 1.29 is 14.3 Å². The molecule has 1 aromatic rings. The van der Waals surface area contributed by atoms with Gasteiger partial charge in [0.25, 0.3) is 0 Å². The van der Waals surface area contributed by atoms with Gasteiger partial charge in [0.2, 0.25) is 0 Å². The van der Waals surface area contributed by atoms with Crippen molar-refractivity contribution >= 4 is 5.78 Å². The number of carbonyl (C=O) groups is 1. The van der Waals surface area contributed by atoms with Gasteiger partial charge in [-0.05, 0) is 36.6 Å². The molecule has 1 aromatic carbocycles. The number of ketones is 1. The van der Waals surface area contributed by atoms with Crippen LogP contribution in [0.15, 0.2) is 17.8 Å². The summed E-state index contributed by atoms with van der Waals surface area (Å²) in [5.41, 5.74) is 3.88. The summed E-state index contributed by atoms with van der Waals surface area (Å²) in [6.07, 6.45) is 3.62. The van der Waals surface area contributed by atoms with Crippen molar-refractivity contribution in [3.63, 3.8) is 0 Å². The van der Waals surface area contributed by atoms with Crippen molar-refractivity contribution in [2.45, 2.75) is 25.8 Å². The summed E-state index contributed by atoms with van der Waals surface area (Å²) in [7, 11) is 7.12. The summed E-state index contributed by atoms with van der Waals surface area (Å²) in [5.74, 6) is 1.27. The summed E-state index contributed by atoms with van der Waals surface area (Å²) in [4.78, 5) is 17.6. The normalized spacial score (nSPS) is 21.6. The third kappa shape index (κ3) is 2.57. The number of rotatable bonds is 4. The molecular weight excluding hydrogens is 304 g/mol. The van der Waals surface area contributed by atoms with E-state index in [1.54, 1.807) is 14.2 Å². The summed E-state index contributed by atoms with van der Waals surface area (Å²) in [6.45, 7) is 4.16. The molecule has 0 bridgehead atoms. The average Bonchev–Trinajstić information content (AvgIpc) is 2.57. The third-order valence-electron chi connectivity index (χ3n) is 4.99. The van der Waals surface area contributed by atoms with Crippen molar-refractivity contribution in [1.29, 1.82) is 0 Å². The molecule has 1 unspecified atom stereocenters. The Morgan fingerprint density at radius 3 is 2.67 bits per heavy atom. The van der Waals surface area contributed by atoms with Crippen LogP contribution < -0.4 is 9.47 Å². The second-order valence-corrected chi connectivity index (χ2v) is 6.61. The molecule has 1 aliphatic heterocycles. The molecule has 1 heterocycles. The zero-order valence-corrected chi connectivity index (χ0v) is 15.2. The van der Waals surface area contributed by atoms with Gasteiger partial charge in [-0.3, -0.25) is 9.69 Å². The molecule has 0 saturated heterocycles. The SMILES string of the molecule is CCN1CCc2cc(OC)c(OC)c3c2C1C/C(=C\N(C)C)C3=O. The van der Waals surface area contributed by atoms with Gasteiger partial charge in [0.15, 0.2) is 17.3 Å². The number of benzene rings is 1. The van der Waals surface area contributed by atoms with Crippen molar-refractivity contribution in [3.8, 4) is 11.5 Å². The molecule has 24 heavy (non-hydrogen) atoms. The fraction of sp³-hybridized carbons (Fsp3) is 0.526. The summed E-state index contributed by atoms with van der Waals surface area (Å²) < 4.78 is 11.1. The molecule has 130 valence electrons. The lowest BCUT2D eigenvalue weighted by Crippen LogP contribution is -2.39. The van der Waals surface area contributed by atoms with Gasteiger partial charge in [-0.15, -0.1) is 0 Å². The lowest BCUT2D eigenvalue weighted by Gasteiger charge is -2.41. The molecule has 0 saturated carbocycles. The Morgan fingerprint density at radius 2 is 2.08 bits per heavy atom. The van der Waals surface area contributed by atoms with Gasteiger partial charge in [0.1, 0.15) is 0 Å². The Bertz CT molecular complexity index is 694. The number of ether oxygens (including phenoxy) is 2. The zero-order valence-electron chi connectivity index (χ0n) is 15.2. The first-order chi connectivity index (χ1) is 11.5. The lowest BCUT2D eigenvalue weighted by atomic mass is 9.77. The van der Waals surface area contributed by atoms with Crippen LogP contribution in [0.2, 0.25) is 0 Å².